The molecule has 0 amide bonds. The summed E-state index contributed by atoms with van der Waals surface area (Å²) in [6.45, 7) is 16.2. The van der Waals surface area contributed by atoms with Crippen LogP contribution >= 0.6 is 47.8 Å². The molecule has 0 bridgehead atoms. The lowest BCUT2D eigenvalue weighted by atomic mass is 10.1. The molecule has 3 rings (SSSR count). The number of halogens is 3. The summed E-state index contributed by atoms with van der Waals surface area (Å²) >= 11 is 10.2. The summed E-state index contributed by atoms with van der Waals surface area (Å²) in [6.07, 6.45) is 26.3. The third-order valence-electron chi connectivity index (χ3n) is 12.4. The zero-order valence-electron chi connectivity index (χ0n) is 43.1. The van der Waals surface area contributed by atoms with Crippen LogP contribution in [0.3, 0.4) is 0 Å². The van der Waals surface area contributed by atoms with Gasteiger partial charge < -0.3 is 28.4 Å². The number of carbonyl (C=O) groups is 3. The van der Waals surface area contributed by atoms with Crippen molar-refractivity contribution in [3.05, 3.63) is 123 Å². The van der Waals surface area contributed by atoms with Gasteiger partial charge in [0.2, 0.25) is 0 Å². The van der Waals surface area contributed by atoms with Gasteiger partial charge in [-0.05, 0) is 91.6 Å². The molecule has 0 aliphatic heterocycles. The van der Waals surface area contributed by atoms with Crippen LogP contribution in [-0.2, 0) is 42.8 Å². The average molecular weight is 1190 g/mol. The van der Waals surface area contributed by atoms with Crippen molar-refractivity contribution in [2.75, 3.05) is 52.9 Å². The second-order valence-electron chi connectivity index (χ2n) is 18.5. The van der Waals surface area contributed by atoms with Crippen molar-refractivity contribution in [3.63, 3.8) is 0 Å². The first kappa shape index (κ1) is 62.9. The highest BCUT2D eigenvalue weighted by atomic mass is 79.9. The number of carbonyl (C=O) groups excluding carboxylic acids is 3. The molecular weight excluding hydrogens is 1100 g/mol. The first-order valence-corrected chi connectivity index (χ1v) is 29.1. The normalized spacial score (nSPS) is 11.2. The van der Waals surface area contributed by atoms with Crippen molar-refractivity contribution in [2.24, 2.45) is 0 Å². The summed E-state index contributed by atoms with van der Waals surface area (Å²) in [5.41, 5.74) is 3.51. The molecule has 0 aliphatic rings. The molecule has 0 saturated carbocycles. The predicted molar refractivity (Wildman–Crippen MR) is 305 cm³/mol. The zero-order valence-corrected chi connectivity index (χ0v) is 47.8. The topological polar surface area (TPSA) is 107 Å². The molecule has 0 N–H and O–H groups in total. The minimum Gasteiger partial charge on any atom is -0.462 e. The highest BCUT2D eigenvalue weighted by molar-refractivity contribution is 9.11. The highest BCUT2D eigenvalue weighted by Crippen LogP contribution is 2.21. The molecule has 3 aromatic carbocycles. The lowest BCUT2D eigenvalue weighted by Crippen LogP contribution is -2.26. The first-order valence-electron chi connectivity index (χ1n) is 26.7. The Hall–Kier alpha value is -3.39. The molecule has 0 atom stereocenters. The summed E-state index contributed by atoms with van der Waals surface area (Å²) in [6, 6.07) is 22.5. The Morgan fingerprint density at radius 3 is 0.819 bits per heavy atom. The van der Waals surface area contributed by atoms with Crippen molar-refractivity contribution in [3.8, 4) is 0 Å². The molecule has 0 radical (unpaired) electrons. The molecule has 0 fully saturated rings. The van der Waals surface area contributed by atoms with E-state index in [4.69, 9.17) is 28.4 Å². The van der Waals surface area contributed by atoms with Crippen LogP contribution in [0.15, 0.2) is 106 Å². The summed E-state index contributed by atoms with van der Waals surface area (Å²) < 4.78 is 37.8. The summed E-state index contributed by atoms with van der Waals surface area (Å²) in [5, 5.41) is 0. The van der Waals surface area contributed by atoms with Gasteiger partial charge >= 0.3 is 17.9 Å². The van der Waals surface area contributed by atoms with E-state index in [0.717, 1.165) is 140 Å². The van der Waals surface area contributed by atoms with E-state index in [1.807, 2.05) is 72.8 Å². The van der Waals surface area contributed by atoms with Crippen LogP contribution in [0.4, 0.5) is 0 Å². The zero-order chi connectivity index (χ0) is 51.9. The molecule has 0 unspecified atom stereocenters. The molecule has 0 saturated heterocycles. The van der Waals surface area contributed by atoms with E-state index in [2.05, 4.69) is 67.5 Å². The Labute approximate surface area is 458 Å². The second kappa shape index (κ2) is 40.9. The lowest BCUT2D eigenvalue weighted by molar-refractivity contribution is -0.137. The van der Waals surface area contributed by atoms with E-state index >= 15 is 0 Å². The first-order chi connectivity index (χ1) is 35.0. The van der Waals surface area contributed by atoms with E-state index in [9.17, 15) is 14.4 Å². The number of unbranched alkanes of at least 4 members (excludes halogenated alkanes) is 21. The molecule has 0 aromatic heterocycles. The standard InChI is InChI=1S/C60H83Br3O9/c1-48(51-28-34-54(61)35-29-51)58(64)70-43-25-19-13-6-4-10-16-22-40-67-46-57(69-42-24-18-12-8-9-15-21-27-45-72-60(66)50(3)53-32-38-56(63)39-33-53)47-68-41-23-17-11-5-7-14-20-26-44-71-59(65)49(2)52-30-36-55(62)37-31-52/h28-39,57H,1-27,40-47H2. The molecule has 0 heterocycles. The number of hydrogen-bond acceptors (Lipinski definition) is 9. The average Bonchev–Trinajstić information content (AvgIpc) is 3.38. The van der Waals surface area contributed by atoms with E-state index in [1.54, 1.807) is 0 Å². The maximum atomic E-state index is 12.4. The van der Waals surface area contributed by atoms with E-state index in [0.29, 0.717) is 56.4 Å². The fraction of sp³-hybridized carbons (Fsp3) is 0.550. The van der Waals surface area contributed by atoms with Gasteiger partial charge in [0.1, 0.15) is 6.10 Å². The minimum atomic E-state index is -0.351. The molecule has 398 valence electrons. The highest BCUT2D eigenvalue weighted by Gasteiger charge is 2.14. The molecular formula is C60H83Br3O9. The maximum Gasteiger partial charge on any atom is 0.338 e. The minimum absolute atomic E-state index is 0.0673. The second-order valence-corrected chi connectivity index (χ2v) is 21.2. The van der Waals surface area contributed by atoms with Crippen LogP contribution < -0.4 is 0 Å². The van der Waals surface area contributed by atoms with E-state index in [1.165, 1.54) is 57.8 Å². The number of hydrogen-bond donors (Lipinski definition) is 0. The van der Waals surface area contributed by atoms with Crippen molar-refractivity contribution >= 4 is 82.4 Å². The van der Waals surface area contributed by atoms with Crippen molar-refractivity contribution in [2.45, 2.75) is 160 Å². The Bertz CT molecular complexity index is 1870. The molecule has 12 heteroatoms. The van der Waals surface area contributed by atoms with Gasteiger partial charge in [-0.1, -0.05) is 219 Å². The third kappa shape index (κ3) is 30.1. The molecule has 0 spiro atoms. The fourth-order valence-electron chi connectivity index (χ4n) is 7.89. The Balaban J connectivity index is 1.19. The fourth-order valence-corrected chi connectivity index (χ4v) is 8.68. The summed E-state index contributed by atoms with van der Waals surface area (Å²) in [7, 11) is 0. The van der Waals surface area contributed by atoms with Gasteiger partial charge in [0.25, 0.3) is 0 Å². The SMILES string of the molecule is C=C(C(=O)OCCCCCCCCCCOCC(COCCCCCCCCCCOC(=O)C(=C)c1ccc(Br)cc1)OCCCCCCCCCCOC(=O)C(=C)c1ccc(Br)cc1)c1ccc(Br)cc1. The summed E-state index contributed by atoms with van der Waals surface area (Å²) in [5.74, 6) is -1.05. The van der Waals surface area contributed by atoms with E-state index < -0.39 is 0 Å². The number of benzene rings is 3. The van der Waals surface area contributed by atoms with Gasteiger partial charge in [-0.25, -0.2) is 14.4 Å². The molecule has 9 nitrogen and oxygen atoms in total. The quantitative estimate of drug-likeness (QED) is 0.0237. The van der Waals surface area contributed by atoms with Crippen molar-refractivity contribution in [1.29, 1.82) is 0 Å². The number of rotatable bonds is 44. The third-order valence-corrected chi connectivity index (χ3v) is 14.0. The van der Waals surface area contributed by atoms with Gasteiger partial charge in [0.05, 0.1) is 49.8 Å². The smallest absolute Gasteiger partial charge is 0.338 e. The van der Waals surface area contributed by atoms with Crippen LogP contribution in [0.1, 0.15) is 171 Å². The Morgan fingerprint density at radius 2 is 0.556 bits per heavy atom. The predicted octanol–water partition coefficient (Wildman–Crippen LogP) is 16.8. The van der Waals surface area contributed by atoms with Crippen molar-refractivity contribution < 1.29 is 42.8 Å². The van der Waals surface area contributed by atoms with Gasteiger partial charge in [-0.2, -0.15) is 0 Å². The molecule has 3 aromatic rings. The van der Waals surface area contributed by atoms with Crippen LogP contribution in [0, 0.1) is 0 Å². The van der Waals surface area contributed by atoms with Gasteiger partial charge in [-0.15, -0.1) is 0 Å². The summed E-state index contributed by atoms with van der Waals surface area (Å²) in [4.78, 5) is 37.0. The largest absolute Gasteiger partial charge is 0.462 e. The van der Waals surface area contributed by atoms with Gasteiger partial charge in [-0.3, -0.25) is 0 Å². The van der Waals surface area contributed by atoms with Crippen molar-refractivity contribution in [1.82, 2.24) is 0 Å². The maximum absolute atomic E-state index is 12.4. The molecule has 72 heavy (non-hydrogen) atoms. The Morgan fingerprint density at radius 1 is 0.333 bits per heavy atom. The van der Waals surface area contributed by atoms with E-state index in [-0.39, 0.29) is 24.0 Å². The van der Waals surface area contributed by atoms with Crippen LogP contribution in [0.5, 0.6) is 0 Å². The van der Waals surface area contributed by atoms with Crippen LogP contribution in [0.2, 0.25) is 0 Å². The van der Waals surface area contributed by atoms with Gasteiger partial charge in [0.15, 0.2) is 0 Å². The Kier molecular flexibility index (Phi) is 35.8. The number of ether oxygens (including phenoxy) is 6. The number of esters is 3. The van der Waals surface area contributed by atoms with Gasteiger partial charge in [0, 0.05) is 33.2 Å². The monoisotopic (exact) mass is 1180 g/mol. The molecule has 0 aliphatic carbocycles. The van der Waals surface area contributed by atoms with Crippen LogP contribution in [0.25, 0.3) is 16.7 Å². The lowest BCUT2D eigenvalue weighted by Gasteiger charge is -2.18. The van der Waals surface area contributed by atoms with Crippen LogP contribution in [-0.4, -0.2) is 76.9 Å².